The lowest BCUT2D eigenvalue weighted by Gasteiger charge is -2.11. The molecule has 1 saturated heterocycles. The van der Waals surface area contributed by atoms with E-state index < -0.39 is 4.92 Å². The fourth-order valence-electron chi connectivity index (χ4n) is 2.57. The summed E-state index contributed by atoms with van der Waals surface area (Å²) in [6, 6.07) is 8.28. The Hall–Kier alpha value is -2.25. The van der Waals surface area contributed by atoms with E-state index in [-0.39, 0.29) is 11.8 Å². The summed E-state index contributed by atoms with van der Waals surface area (Å²) in [7, 11) is 0. The van der Waals surface area contributed by atoms with Gasteiger partial charge in [-0.15, -0.1) is 0 Å². The third kappa shape index (κ3) is 4.14. The van der Waals surface area contributed by atoms with Crippen molar-refractivity contribution in [3.8, 4) is 0 Å². The van der Waals surface area contributed by atoms with Crippen molar-refractivity contribution in [1.82, 2.24) is 4.98 Å². The number of hydrogen-bond donors (Lipinski definition) is 1. The Morgan fingerprint density at radius 2 is 2.30 bits per heavy atom. The normalized spacial score (nSPS) is 17.5. The molecule has 1 aliphatic rings. The van der Waals surface area contributed by atoms with E-state index in [1.54, 1.807) is 6.07 Å². The highest BCUT2D eigenvalue weighted by Gasteiger charge is 2.14. The summed E-state index contributed by atoms with van der Waals surface area (Å²) < 4.78 is 11.1. The van der Waals surface area contributed by atoms with Crippen LogP contribution in [-0.2, 0) is 9.47 Å². The molecule has 1 aromatic heterocycles. The molecule has 2 heterocycles. The second-order valence-electron chi connectivity index (χ2n) is 5.47. The number of aromatic nitrogens is 1. The van der Waals surface area contributed by atoms with E-state index in [2.05, 4.69) is 10.3 Å². The Bertz CT molecular complexity index is 686. The maximum atomic E-state index is 10.8. The van der Waals surface area contributed by atoms with Gasteiger partial charge in [-0.2, -0.15) is 0 Å². The fourth-order valence-corrected chi connectivity index (χ4v) is 2.57. The smallest absolute Gasteiger partial charge is 0.270 e. The number of nitrogens with one attached hydrogen (secondary N) is 1. The molecule has 2 aromatic rings. The third-order valence-electron chi connectivity index (χ3n) is 3.76. The fraction of sp³-hybridized carbons (Fsp3) is 0.438. The molecule has 1 N–H and O–H groups in total. The molecule has 0 bridgehead atoms. The molecule has 0 amide bonds. The molecule has 3 rings (SSSR count). The van der Waals surface area contributed by atoms with Gasteiger partial charge in [0.1, 0.15) is 5.82 Å². The van der Waals surface area contributed by atoms with E-state index >= 15 is 0 Å². The van der Waals surface area contributed by atoms with Crippen LogP contribution in [0.15, 0.2) is 30.3 Å². The summed E-state index contributed by atoms with van der Waals surface area (Å²) in [6.45, 7) is 2.71. The average molecular weight is 317 g/mol. The number of rotatable bonds is 7. The van der Waals surface area contributed by atoms with Gasteiger partial charge in [-0.3, -0.25) is 10.1 Å². The molecule has 1 atom stereocenters. The maximum Gasteiger partial charge on any atom is 0.270 e. The van der Waals surface area contributed by atoms with Crippen LogP contribution in [0.2, 0.25) is 0 Å². The molecule has 1 aliphatic heterocycles. The van der Waals surface area contributed by atoms with Crippen LogP contribution in [-0.4, -0.2) is 42.4 Å². The van der Waals surface area contributed by atoms with E-state index in [0.717, 1.165) is 36.2 Å². The number of pyridine rings is 1. The highest BCUT2D eigenvalue weighted by Crippen LogP contribution is 2.21. The van der Waals surface area contributed by atoms with Gasteiger partial charge in [0, 0.05) is 30.7 Å². The minimum atomic E-state index is -0.406. The molecule has 1 unspecified atom stereocenters. The number of benzene rings is 1. The van der Waals surface area contributed by atoms with Crippen LogP contribution in [0.3, 0.4) is 0 Å². The zero-order valence-corrected chi connectivity index (χ0v) is 12.7. The number of anilines is 1. The average Bonchev–Trinajstić information content (AvgIpc) is 3.07. The minimum Gasteiger partial charge on any atom is -0.377 e. The van der Waals surface area contributed by atoms with Crippen molar-refractivity contribution in [2.45, 2.75) is 18.9 Å². The van der Waals surface area contributed by atoms with Crippen LogP contribution in [0, 0.1) is 10.1 Å². The van der Waals surface area contributed by atoms with Crippen LogP contribution < -0.4 is 5.32 Å². The van der Waals surface area contributed by atoms with Crippen molar-refractivity contribution < 1.29 is 14.4 Å². The van der Waals surface area contributed by atoms with Crippen LogP contribution >= 0.6 is 0 Å². The third-order valence-corrected chi connectivity index (χ3v) is 3.76. The summed E-state index contributed by atoms with van der Waals surface area (Å²) in [5, 5.41) is 14.7. The Morgan fingerprint density at radius 1 is 1.39 bits per heavy atom. The van der Waals surface area contributed by atoms with E-state index in [4.69, 9.17) is 9.47 Å². The van der Waals surface area contributed by atoms with E-state index in [9.17, 15) is 10.1 Å². The van der Waals surface area contributed by atoms with Gasteiger partial charge in [-0.05, 0) is 31.0 Å². The maximum absolute atomic E-state index is 10.8. The molecular formula is C16H19N3O4. The summed E-state index contributed by atoms with van der Waals surface area (Å²) >= 11 is 0. The number of nitrogens with zero attached hydrogens (tertiary/aromatic N) is 2. The molecule has 0 radical (unpaired) electrons. The molecule has 7 heteroatoms. The molecule has 122 valence electrons. The lowest BCUT2D eigenvalue weighted by molar-refractivity contribution is -0.384. The molecule has 0 saturated carbocycles. The lowest BCUT2D eigenvalue weighted by atomic mass is 10.2. The first kappa shape index (κ1) is 15.6. The quantitative estimate of drug-likeness (QED) is 0.480. The largest absolute Gasteiger partial charge is 0.377 e. The molecule has 23 heavy (non-hydrogen) atoms. The van der Waals surface area contributed by atoms with E-state index in [0.29, 0.717) is 19.8 Å². The first-order valence-corrected chi connectivity index (χ1v) is 7.71. The van der Waals surface area contributed by atoms with Gasteiger partial charge >= 0.3 is 0 Å². The Morgan fingerprint density at radius 3 is 3.09 bits per heavy atom. The molecule has 1 aromatic carbocycles. The van der Waals surface area contributed by atoms with Crippen molar-refractivity contribution in [3.63, 3.8) is 0 Å². The summed E-state index contributed by atoms with van der Waals surface area (Å²) in [4.78, 5) is 14.8. The van der Waals surface area contributed by atoms with E-state index in [1.807, 2.05) is 12.1 Å². The van der Waals surface area contributed by atoms with Crippen LogP contribution in [0.1, 0.15) is 12.8 Å². The van der Waals surface area contributed by atoms with Crippen molar-refractivity contribution in [3.05, 3.63) is 40.4 Å². The second kappa shape index (κ2) is 7.34. The summed E-state index contributed by atoms with van der Waals surface area (Å²) in [5.41, 5.74) is 0.795. The Kier molecular flexibility index (Phi) is 4.99. The van der Waals surface area contributed by atoms with Gasteiger partial charge in [0.2, 0.25) is 0 Å². The van der Waals surface area contributed by atoms with Gasteiger partial charge in [0.15, 0.2) is 0 Å². The van der Waals surface area contributed by atoms with Crippen molar-refractivity contribution in [2.75, 3.05) is 31.7 Å². The predicted molar refractivity (Wildman–Crippen MR) is 86.7 cm³/mol. The van der Waals surface area contributed by atoms with Crippen molar-refractivity contribution >= 4 is 22.4 Å². The van der Waals surface area contributed by atoms with Crippen LogP contribution in [0.25, 0.3) is 10.9 Å². The van der Waals surface area contributed by atoms with Gasteiger partial charge < -0.3 is 14.8 Å². The number of hydrogen-bond acceptors (Lipinski definition) is 6. The predicted octanol–water partition coefficient (Wildman–Crippen LogP) is 2.75. The summed E-state index contributed by atoms with van der Waals surface area (Å²) in [6.07, 6.45) is 2.43. The van der Waals surface area contributed by atoms with E-state index in [1.165, 1.54) is 12.1 Å². The number of nitro benzene ring substituents is 1. The molecular weight excluding hydrogens is 298 g/mol. The number of fused-ring (bicyclic) bond motifs is 1. The first-order valence-electron chi connectivity index (χ1n) is 7.71. The van der Waals surface area contributed by atoms with Gasteiger partial charge in [0.05, 0.1) is 29.8 Å². The Labute approximate surface area is 133 Å². The highest BCUT2D eigenvalue weighted by atomic mass is 16.6. The first-order chi connectivity index (χ1) is 11.2. The minimum absolute atomic E-state index is 0.0718. The van der Waals surface area contributed by atoms with Crippen molar-refractivity contribution in [2.24, 2.45) is 0 Å². The highest BCUT2D eigenvalue weighted by molar-refractivity contribution is 5.82. The van der Waals surface area contributed by atoms with Gasteiger partial charge in [0.25, 0.3) is 5.69 Å². The molecule has 7 nitrogen and oxygen atoms in total. The number of nitro groups is 1. The zero-order valence-electron chi connectivity index (χ0n) is 12.7. The monoisotopic (exact) mass is 317 g/mol. The Balaban J connectivity index is 1.50. The van der Waals surface area contributed by atoms with Gasteiger partial charge in [-0.25, -0.2) is 4.98 Å². The summed E-state index contributed by atoms with van der Waals surface area (Å²) in [5.74, 6) is 0.729. The SMILES string of the molecule is O=[N+]([O-])c1ccc2nc(NCCOCC3CCCO3)ccc2c1. The molecule has 0 spiro atoms. The molecule has 1 fully saturated rings. The lowest BCUT2D eigenvalue weighted by Crippen LogP contribution is -2.18. The standard InChI is InChI=1S/C16H19N3O4/c20-19(21)13-4-5-15-12(10-13)3-6-16(18-15)17-7-9-22-11-14-2-1-8-23-14/h3-6,10,14H,1-2,7-9,11H2,(H,17,18). The zero-order chi connectivity index (χ0) is 16.1. The van der Waals surface area contributed by atoms with Crippen LogP contribution in [0.5, 0.6) is 0 Å². The molecule has 0 aliphatic carbocycles. The number of non-ortho nitro benzene ring substituents is 1. The topological polar surface area (TPSA) is 86.5 Å². The van der Waals surface area contributed by atoms with Gasteiger partial charge in [-0.1, -0.05) is 0 Å². The van der Waals surface area contributed by atoms with Crippen LogP contribution in [0.4, 0.5) is 11.5 Å². The number of ether oxygens (including phenoxy) is 2. The second-order valence-corrected chi connectivity index (χ2v) is 5.47. The van der Waals surface area contributed by atoms with Crippen molar-refractivity contribution in [1.29, 1.82) is 0 Å².